The fraction of sp³-hybridized carbons (Fsp3) is 0.400. The Hall–Kier alpha value is -2.17. The molecule has 2 aromatic rings. The Bertz CT molecular complexity index is 626. The summed E-state index contributed by atoms with van der Waals surface area (Å²) in [4.78, 5) is 19.1. The van der Waals surface area contributed by atoms with E-state index in [0.29, 0.717) is 17.3 Å². The Balaban J connectivity index is 2.42. The highest BCUT2D eigenvalue weighted by molar-refractivity contribution is 5.89. The molecule has 2 rings (SSSR count). The molecule has 106 valence electrons. The normalized spacial score (nSPS) is 12.6. The Morgan fingerprint density at radius 3 is 2.60 bits per heavy atom. The smallest absolute Gasteiger partial charge is 0.374 e. The minimum Gasteiger partial charge on any atom is -0.475 e. The highest BCUT2D eigenvalue weighted by Gasteiger charge is 2.16. The predicted octanol–water partition coefficient (Wildman–Crippen LogP) is 3.14. The molecule has 0 aliphatic heterocycles. The van der Waals surface area contributed by atoms with E-state index in [4.69, 9.17) is 9.84 Å². The van der Waals surface area contributed by atoms with Crippen molar-refractivity contribution in [2.45, 2.75) is 33.3 Å². The topological polar surface area (TPSA) is 72.3 Å². The van der Waals surface area contributed by atoms with E-state index in [-0.39, 0.29) is 11.9 Å². The number of carboxylic acids is 1. The first kappa shape index (κ1) is 14.2. The summed E-state index contributed by atoms with van der Waals surface area (Å²) in [6.07, 6.45) is 0.843. The van der Waals surface area contributed by atoms with Crippen molar-refractivity contribution in [3.05, 3.63) is 30.1 Å². The van der Waals surface area contributed by atoms with Crippen LogP contribution in [0.1, 0.15) is 37.8 Å². The predicted molar refractivity (Wildman–Crippen MR) is 76.0 cm³/mol. The highest BCUT2D eigenvalue weighted by atomic mass is 16.5. The van der Waals surface area contributed by atoms with Crippen molar-refractivity contribution in [1.82, 2.24) is 9.97 Å². The number of fused-ring (bicyclic) bond motifs is 1. The van der Waals surface area contributed by atoms with Gasteiger partial charge in [0.15, 0.2) is 0 Å². The van der Waals surface area contributed by atoms with Crippen LogP contribution >= 0.6 is 0 Å². The first-order valence-electron chi connectivity index (χ1n) is 6.64. The van der Waals surface area contributed by atoms with Crippen LogP contribution in [0.2, 0.25) is 0 Å². The maximum Gasteiger partial charge on any atom is 0.374 e. The molecule has 0 fully saturated rings. The highest BCUT2D eigenvalue weighted by Crippen LogP contribution is 2.24. The van der Waals surface area contributed by atoms with Gasteiger partial charge in [-0.3, -0.25) is 0 Å². The van der Waals surface area contributed by atoms with Gasteiger partial charge in [0, 0.05) is 0 Å². The van der Waals surface area contributed by atoms with Crippen LogP contribution in [0.4, 0.5) is 0 Å². The van der Waals surface area contributed by atoms with E-state index in [1.165, 1.54) is 0 Å². The monoisotopic (exact) mass is 274 g/mol. The molecule has 1 atom stereocenters. The quantitative estimate of drug-likeness (QED) is 0.906. The first-order chi connectivity index (χ1) is 9.47. The molecule has 5 nitrogen and oxygen atoms in total. The molecular weight excluding hydrogens is 256 g/mol. The number of aromatic nitrogens is 2. The molecule has 1 aromatic heterocycles. The van der Waals surface area contributed by atoms with E-state index >= 15 is 0 Å². The summed E-state index contributed by atoms with van der Waals surface area (Å²) in [6, 6.07) is 7.25. The molecule has 5 heteroatoms. The van der Waals surface area contributed by atoms with E-state index in [9.17, 15) is 4.79 Å². The van der Waals surface area contributed by atoms with Gasteiger partial charge in [0.05, 0.1) is 17.0 Å². The molecule has 0 aliphatic carbocycles. The molecule has 0 bridgehead atoms. The SMILES string of the molecule is CC(C)CC(C)Oc1nc(C(=O)O)nc2ccccc12. The molecule has 0 radical (unpaired) electrons. The largest absolute Gasteiger partial charge is 0.475 e. The molecule has 0 amide bonds. The molecule has 1 unspecified atom stereocenters. The van der Waals surface area contributed by atoms with Crippen molar-refractivity contribution in [2.24, 2.45) is 5.92 Å². The van der Waals surface area contributed by atoms with E-state index in [1.54, 1.807) is 6.07 Å². The van der Waals surface area contributed by atoms with Gasteiger partial charge in [-0.15, -0.1) is 0 Å². The van der Waals surface area contributed by atoms with Crippen LogP contribution in [0.15, 0.2) is 24.3 Å². The number of rotatable bonds is 5. The molecule has 1 N–H and O–H groups in total. The van der Waals surface area contributed by atoms with Gasteiger partial charge in [-0.05, 0) is 31.4 Å². The molecule has 0 saturated heterocycles. The summed E-state index contributed by atoms with van der Waals surface area (Å²) in [5.41, 5.74) is 0.576. The number of nitrogens with zero attached hydrogens (tertiary/aromatic N) is 2. The number of aromatic carboxylic acids is 1. The van der Waals surface area contributed by atoms with Crippen LogP contribution in [0.5, 0.6) is 5.88 Å². The second-order valence-electron chi connectivity index (χ2n) is 5.23. The number of benzene rings is 1. The number of carboxylic acid groups (broad SMARTS) is 1. The van der Waals surface area contributed by atoms with E-state index in [2.05, 4.69) is 23.8 Å². The Labute approximate surface area is 117 Å². The average Bonchev–Trinajstić information content (AvgIpc) is 2.37. The van der Waals surface area contributed by atoms with E-state index < -0.39 is 5.97 Å². The number of hydrogen-bond donors (Lipinski definition) is 1. The van der Waals surface area contributed by atoms with Gasteiger partial charge in [0.25, 0.3) is 0 Å². The molecule has 0 saturated carbocycles. The number of carbonyl (C=O) groups is 1. The maximum absolute atomic E-state index is 11.1. The minimum atomic E-state index is -1.16. The third-order valence-corrected chi connectivity index (χ3v) is 2.88. The van der Waals surface area contributed by atoms with Crippen LogP contribution in [-0.4, -0.2) is 27.1 Å². The number of ether oxygens (including phenoxy) is 1. The zero-order valence-electron chi connectivity index (χ0n) is 11.8. The maximum atomic E-state index is 11.1. The zero-order chi connectivity index (χ0) is 14.7. The van der Waals surface area contributed by atoms with Crippen molar-refractivity contribution in [2.75, 3.05) is 0 Å². The lowest BCUT2D eigenvalue weighted by Crippen LogP contribution is -2.16. The van der Waals surface area contributed by atoms with Gasteiger partial charge in [-0.2, -0.15) is 4.98 Å². The van der Waals surface area contributed by atoms with Crippen LogP contribution in [-0.2, 0) is 0 Å². The van der Waals surface area contributed by atoms with Gasteiger partial charge in [-0.1, -0.05) is 26.0 Å². The van der Waals surface area contributed by atoms with Gasteiger partial charge in [0.1, 0.15) is 0 Å². The summed E-state index contributed by atoms with van der Waals surface area (Å²) >= 11 is 0. The van der Waals surface area contributed by atoms with Gasteiger partial charge < -0.3 is 9.84 Å². The lowest BCUT2D eigenvalue weighted by molar-refractivity contribution is 0.0681. The van der Waals surface area contributed by atoms with Gasteiger partial charge in [-0.25, -0.2) is 9.78 Å². The Morgan fingerprint density at radius 1 is 1.25 bits per heavy atom. The summed E-state index contributed by atoms with van der Waals surface area (Å²) in [5, 5.41) is 9.80. The van der Waals surface area contributed by atoms with Crippen molar-refractivity contribution >= 4 is 16.9 Å². The summed E-state index contributed by atoms with van der Waals surface area (Å²) in [7, 11) is 0. The van der Waals surface area contributed by atoms with E-state index in [1.807, 2.05) is 25.1 Å². The van der Waals surface area contributed by atoms with Crippen molar-refractivity contribution in [3.8, 4) is 5.88 Å². The molecule has 1 aromatic carbocycles. The zero-order valence-corrected chi connectivity index (χ0v) is 11.8. The van der Waals surface area contributed by atoms with Crippen LogP contribution in [0.3, 0.4) is 0 Å². The van der Waals surface area contributed by atoms with Crippen molar-refractivity contribution in [1.29, 1.82) is 0 Å². The third-order valence-electron chi connectivity index (χ3n) is 2.88. The Morgan fingerprint density at radius 2 is 1.95 bits per heavy atom. The Kier molecular flexibility index (Phi) is 4.17. The molecule has 1 heterocycles. The summed E-state index contributed by atoms with van der Waals surface area (Å²) in [5.74, 6) is -0.564. The average molecular weight is 274 g/mol. The minimum absolute atomic E-state index is 0.0325. The molecular formula is C15H18N2O3. The van der Waals surface area contributed by atoms with Crippen molar-refractivity contribution < 1.29 is 14.6 Å². The van der Waals surface area contributed by atoms with Gasteiger partial charge >= 0.3 is 5.97 Å². The lowest BCUT2D eigenvalue weighted by Gasteiger charge is -2.17. The number of para-hydroxylation sites is 1. The molecule has 0 spiro atoms. The second-order valence-corrected chi connectivity index (χ2v) is 5.23. The van der Waals surface area contributed by atoms with Crippen LogP contribution < -0.4 is 4.74 Å². The van der Waals surface area contributed by atoms with E-state index in [0.717, 1.165) is 11.8 Å². The lowest BCUT2D eigenvalue weighted by atomic mass is 10.1. The number of hydrogen-bond acceptors (Lipinski definition) is 4. The van der Waals surface area contributed by atoms with Gasteiger partial charge in [0.2, 0.25) is 11.7 Å². The van der Waals surface area contributed by atoms with Crippen molar-refractivity contribution in [3.63, 3.8) is 0 Å². The standard InChI is InChI=1S/C15H18N2O3/c1-9(2)8-10(3)20-14-11-6-4-5-7-12(11)16-13(17-14)15(18)19/h4-7,9-10H,8H2,1-3H3,(H,18,19). The summed E-state index contributed by atoms with van der Waals surface area (Å²) < 4.78 is 5.81. The molecule has 0 aliphatic rings. The molecule has 20 heavy (non-hydrogen) atoms. The first-order valence-corrected chi connectivity index (χ1v) is 6.64. The third kappa shape index (κ3) is 3.23. The fourth-order valence-electron chi connectivity index (χ4n) is 2.14. The van der Waals surface area contributed by atoms with Crippen LogP contribution in [0, 0.1) is 5.92 Å². The van der Waals surface area contributed by atoms with Crippen LogP contribution in [0.25, 0.3) is 10.9 Å². The fourth-order valence-corrected chi connectivity index (χ4v) is 2.14. The summed E-state index contributed by atoms with van der Waals surface area (Å²) in [6.45, 7) is 6.18. The second kappa shape index (κ2) is 5.86.